The molecule has 4 rings (SSSR count). The molecular weight excluding hydrogens is 422 g/mol. The molecule has 10 nitrogen and oxygen atoms in total. The van der Waals surface area contributed by atoms with E-state index in [1.807, 2.05) is 6.07 Å². The molecule has 0 radical (unpaired) electrons. The van der Waals surface area contributed by atoms with Crippen LogP contribution < -0.4 is 27.2 Å². The number of ether oxygens (including phenoxy) is 1. The summed E-state index contributed by atoms with van der Waals surface area (Å²) >= 11 is 0. The van der Waals surface area contributed by atoms with Crippen LogP contribution in [0.2, 0.25) is 0 Å². The number of aromatic nitrogens is 5. The van der Waals surface area contributed by atoms with Gasteiger partial charge in [0.2, 0.25) is 5.95 Å². The molecule has 10 heteroatoms. The number of nitrogen functional groups attached to an aromatic ring is 1. The number of rotatable bonds is 8. The maximum atomic E-state index is 13.4. The lowest BCUT2D eigenvalue weighted by molar-refractivity contribution is 0.414. The van der Waals surface area contributed by atoms with Gasteiger partial charge in [0.1, 0.15) is 11.6 Å². The Hall–Kier alpha value is -4.47. The van der Waals surface area contributed by atoms with Crippen LogP contribution >= 0.6 is 0 Å². The number of nitrogens with two attached hydrogens (primary N) is 1. The maximum absolute atomic E-state index is 13.4. The van der Waals surface area contributed by atoms with Gasteiger partial charge in [0.25, 0.3) is 0 Å². The summed E-state index contributed by atoms with van der Waals surface area (Å²) in [5.74, 6) is 1.20. The van der Waals surface area contributed by atoms with Gasteiger partial charge in [0.15, 0.2) is 0 Å². The van der Waals surface area contributed by atoms with Crippen LogP contribution in [0.5, 0.6) is 5.75 Å². The van der Waals surface area contributed by atoms with Crippen LogP contribution in [0.4, 0.5) is 11.8 Å². The minimum Gasteiger partial charge on any atom is -0.497 e. The normalized spacial score (nSPS) is 10.7. The van der Waals surface area contributed by atoms with E-state index in [0.29, 0.717) is 11.6 Å². The molecule has 0 aliphatic rings. The Morgan fingerprint density at radius 3 is 2.33 bits per heavy atom. The van der Waals surface area contributed by atoms with Crippen LogP contribution in [-0.4, -0.2) is 31.2 Å². The largest absolute Gasteiger partial charge is 0.497 e. The van der Waals surface area contributed by atoms with Crippen molar-refractivity contribution in [1.82, 2.24) is 24.1 Å². The molecule has 0 aliphatic heterocycles. The number of anilines is 2. The molecule has 168 valence electrons. The second kappa shape index (κ2) is 9.77. The van der Waals surface area contributed by atoms with E-state index in [0.717, 1.165) is 21.3 Å². The van der Waals surface area contributed by atoms with Crippen LogP contribution in [-0.2, 0) is 19.6 Å². The fraction of sp³-hybridized carbons (Fsp3) is 0.174. The van der Waals surface area contributed by atoms with Gasteiger partial charge in [-0.15, -0.1) is 0 Å². The van der Waals surface area contributed by atoms with Gasteiger partial charge < -0.3 is 15.8 Å². The highest BCUT2D eigenvalue weighted by atomic mass is 16.5. The van der Waals surface area contributed by atoms with Gasteiger partial charge >= 0.3 is 11.4 Å². The molecule has 3 aromatic heterocycles. The number of hydrogen-bond donors (Lipinski definition) is 2. The Morgan fingerprint density at radius 1 is 0.939 bits per heavy atom. The molecule has 0 spiro atoms. The van der Waals surface area contributed by atoms with Crippen molar-refractivity contribution in [2.45, 2.75) is 19.6 Å². The highest BCUT2D eigenvalue weighted by molar-refractivity contribution is 5.41. The lowest BCUT2D eigenvalue weighted by Crippen LogP contribution is -2.43. The quantitative estimate of drug-likeness (QED) is 0.417. The summed E-state index contributed by atoms with van der Waals surface area (Å²) in [4.78, 5) is 38.4. The number of methoxy groups -OCH3 is 1. The van der Waals surface area contributed by atoms with Crippen molar-refractivity contribution >= 4 is 11.8 Å². The standard InChI is InChI=1S/C23H23N7O3/c1-33-19-6-4-16(5-7-19)15-30-22(31)28-21(27-13-18-3-2-10-26-20(18)24)29(23(30)32)14-17-8-11-25-12-9-17/h2-12H,13-15H2,1H3,(H2,24,26)(H,27,28,31). The van der Waals surface area contributed by atoms with Gasteiger partial charge in [-0.1, -0.05) is 18.2 Å². The van der Waals surface area contributed by atoms with Crippen LogP contribution in [0.3, 0.4) is 0 Å². The molecule has 0 saturated heterocycles. The Labute approximate surface area is 189 Å². The number of nitrogens with zero attached hydrogens (tertiary/aromatic N) is 5. The van der Waals surface area contributed by atoms with E-state index in [9.17, 15) is 9.59 Å². The highest BCUT2D eigenvalue weighted by Gasteiger charge is 2.15. The van der Waals surface area contributed by atoms with Crippen LogP contribution in [0.1, 0.15) is 16.7 Å². The smallest absolute Gasteiger partial charge is 0.355 e. The first-order valence-corrected chi connectivity index (χ1v) is 10.2. The zero-order valence-corrected chi connectivity index (χ0v) is 18.0. The molecule has 3 heterocycles. The fourth-order valence-corrected chi connectivity index (χ4v) is 3.30. The summed E-state index contributed by atoms with van der Waals surface area (Å²) in [7, 11) is 1.58. The molecule has 0 amide bonds. The van der Waals surface area contributed by atoms with Crippen molar-refractivity contribution in [2.24, 2.45) is 0 Å². The first kappa shape index (κ1) is 21.8. The monoisotopic (exact) mass is 445 g/mol. The maximum Gasteiger partial charge on any atom is 0.355 e. The summed E-state index contributed by atoms with van der Waals surface area (Å²) in [5, 5.41) is 3.06. The van der Waals surface area contributed by atoms with Crippen LogP contribution in [0.15, 0.2) is 76.7 Å². The molecule has 0 saturated carbocycles. The van der Waals surface area contributed by atoms with Crippen LogP contribution in [0, 0.1) is 0 Å². The average molecular weight is 445 g/mol. The molecule has 0 atom stereocenters. The summed E-state index contributed by atoms with van der Waals surface area (Å²) in [6, 6.07) is 14.3. The molecule has 0 bridgehead atoms. The van der Waals surface area contributed by atoms with Crippen molar-refractivity contribution in [2.75, 3.05) is 18.2 Å². The first-order chi connectivity index (χ1) is 16.0. The van der Waals surface area contributed by atoms with Gasteiger partial charge in [-0.05, 0) is 41.5 Å². The van der Waals surface area contributed by atoms with E-state index in [-0.39, 0.29) is 25.6 Å². The highest BCUT2D eigenvalue weighted by Crippen LogP contribution is 2.13. The minimum absolute atomic E-state index is 0.0842. The van der Waals surface area contributed by atoms with Crippen molar-refractivity contribution in [3.8, 4) is 5.75 Å². The molecule has 3 N–H and O–H groups in total. The molecule has 0 unspecified atom stereocenters. The zero-order chi connectivity index (χ0) is 23.2. The molecule has 0 aliphatic carbocycles. The fourth-order valence-electron chi connectivity index (χ4n) is 3.30. The molecular formula is C23H23N7O3. The van der Waals surface area contributed by atoms with Crippen molar-refractivity contribution in [3.05, 3.63) is 105 Å². The average Bonchev–Trinajstić information content (AvgIpc) is 2.84. The SMILES string of the molecule is COc1ccc(Cn2c(=O)nc(NCc3cccnc3N)n(Cc3ccncc3)c2=O)cc1. The van der Waals surface area contributed by atoms with E-state index in [1.165, 1.54) is 4.57 Å². The van der Waals surface area contributed by atoms with E-state index < -0.39 is 11.4 Å². The topological polar surface area (TPSA) is 130 Å². The Kier molecular flexibility index (Phi) is 6.44. The predicted octanol–water partition coefficient (Wildman–Crippen LogP) is 1.49. The summed E-state index contributed by atoms with van der Waals surface area (Å²) in [5.41, 5.74) is 7.12. The van der Waals surface area contributed by atoms with Crippen molar-refractivity contribution in [1.29, 1.82) is 0 Å². The number of pyridine rings is 2. The van der Waals surface area contributed by atoms with E-state index in [1.54, 1.807) is 68.2 Å². The third kappa shape index (κ3) is 5.06. The van der Waals surface area contributed by atoms with Crippen molar-refractivity contribution in [3.63, 3.8) is 0 Å². The second-order valence-electron chi connectivity index (χ2n) is 7.28. The van der Waals surface area contributed by atoms with Gasteiger partial charge in [0.05, 0.1) is 20.2 Å². The number of hydrogen-bond acceptors (Lipinski definition) is 8. The Morgan fingerprint density at radius 2 is 1.64 bits per heavy atom. The lowest BCUT2D eigenvalue weighted by atomic mass is 10.2. The molecule has 1 aromatic carbocycles. The van der Waals surface area contributed by atoms with Crippen molar-refractivity contribution < 1.29 is 4.74 Å². The summed E-state index contributed by atoms with van der Waals surface area (Å²) in [6.07, 6.45) is 4.88. The summed E-state index contributed by atoms with van der Waals surface area (Å²) < 4.78 is 7.69. The van der Waals surface area contributed by atoms with E-state index in [2.05, 4.69) is 20.3 Å². The molecule has 4 aromatic rings. The summed E-state index contributed by atoms with van der Waals surface area (Å²) in [6.45, 7) is 0.549. The number of nitrogens with one attached hydrogen (secondary N) is 1. The first-order valence-electron chi connectivity index (χ1n) is 10.2. The van der Waals surface area contributed by atoms with Gasteiger partial charge in [-0.25, -0.2) is 19.1 Å². The van der Waals surface area contributed by atoms with Gasteiger partial charge in [-0.3, -0.25) is 9.55 Å². The van der Waals surface area contributed by atoms with Gasteiger partial charge in [-0.2, -0.15) is 4.98 Å². The number of benzene rings is 1. The Balaban J connectivity index is 1.71. The minimum atomic E-state index is -0.650. The van der Waals surface area contributed by atoms with E-state index in [4.69, 9.17) is 10.5 Å². The van der Waals surface area contributed by atoms with Gasteiger partial charge in [0, 0.05) is 30.7 Å². The Bertz CT molecular complexity index is 1350. The third-order valence-electron chi connectivity index (χ3n) is 5.10. The second-order valence-corrected chi connectivity index (χ2v) is 7.28. The molecule has 33 heavy (non-hydrogen) atoms. The lowest BCUT2D eigenvalue weighted by Gasteiger charge is -2.16. The molecule has 0 fully saturated rings. The van der Waals surface area contributed by atoms with Crippen LogP contribution in [0.25, 0.3) is 0 Å². The predicted molar refractivity (Wildman–Crippen MR) is 124 cm³/mol. The third-order valence-corrected chi connectivity index (χ3v) is 5.10. The van der Waals surface area contributed by atoms with E-state index >= 15 is 0 Å². The zero-order valence-electron chi connectivity index (χ0n) is 18.0.